The normalized spacial score (nSPS) is 20.5. The highest BCUT2D eigenvalue weighted by molar-refractivity contribution is 5.44. The number of hydrogen-bond acceptors (Lipinski definition) is 5. The SMILES string of the molecule is Cn1cncc1C(OCc1ccc(C#N)cc1)C1=CC(c2ccccc2)C(C#N)(CO)C=C1. The molecule has 33 heavy (non-hydrogen) atoms. The molecule has 0 saturated heterocycles. The van der Waals surface area contributed by atoms with Gasteiger partial charge in [-0.2, -0.15) is 10.5 Å². The first-order valence-corrected chi connectivity index (χ1v) is 10.6. The Morgan fingerprint density at radius 2 is 1.91 bits per heavy atom. The van der Waals surface area contributed by atoms with Gasteiger partial charge in [-0.1, -0.05) is 60.7 Å². The molecular weight excluding hydrogens is 412 g/mol. The highest BCUT2D eigenvalue weighted by atomic mass is 16.5. The van der Waals surface area contributed by atoms with Crippen LogP contribution >= 0.6 is 0 Å². The van der Waals surface area contributed by atoms with Crippen molar-refractivity contribution >= 4 is 0 Å². The van der Waals surface area contributed by atoms with Crippen molar-refractivity contribution in [3.05, 3.63) is 113 Å². The molecule has 1 heterocycles. The predicted molar refractivity (Wildman–Crippen MR) is 123 cm³/mol. The summed E-state index contributed by atoms with van der Waals surface area (Å²) >= 11 is 0. The first-order valence-electron chi connectivity index (χ1n) is 10.6. The zero-order valence-corrected chi connectivity index (χ0v) is 18.3. The molecule has 0 amide bonds. The van der Waals surface area contributed by atoms with Gasteiger partial charge >= 0.3 is 0 Å². The highest BCUT2D eigenvalue weighted by Crippen LogP contribution is 2.44. The van der Waals surface area contributed by atoms with Crippen LogP contribution in [0.1, 0.15) is 34.4 Å². The van der Waals surface area contributed by atoms with Crippen molar-refractivity contribution in [3.63, 3.8) is 0 Å². The monoisotopic (exact) mass is 436 g/mol. The number of imidazole rings is 1. The number of benzene rings is 2. The number of hydrogen-bond donors (Lipinski definition) is 1. The van der Waals surface area contributed by atoms with Gasteiger partial charge in [-0.25, -0.2) is 4.98 Å². The minimum atomic E-state index is -1.05. The van der Waals surface area contributed by atoms with E-state index in [-0.39, 0.29) is 12.5 Å². The van der Waals surface area contributed by atoms with E-state index in [1.54, 1.807) is 30.7 Å². The summed E-state index contributed by atoms with van der Waals surface area (Å²) in [5.74, 6) is -0.331. The number of aliphatic hydroxyl groups excluding tert-OH is 1. The molecule has 1 aliphatic carbocycles. The zero-order chi connectivity index (χ0) is 23.3. The minimum Gasteiger partial charge on any atom is -0.394 e. The van der Waals surface area contributed by atoms with Crippen LogP contribution in [0.5, 0.6) is 0 Å². The Bertz CT molecular complexity index is 1250. The van der Waals surface area contributed by atoms with Crippen LogP contribution in [0, 0.1) is 28.1 Å². The zero-order valence-electron chi connectivity index (χ0n) is 18.3. The van der Waals surface area contributed by atoms with Gasteiger partial charge < -0.3 is 14.4 Å². The summed E-state index contributed by atoms with van der Waals surface area (Å²) < 4.78 is 8.29. The average molecular weight is 437 g/mol. The van der Waals surface area contributed by atoms with E-state index in [1.807, 2.05) is 66.2 Å². The third-order valence-electron chi connectivity index (χ3n) is 6.04. The van der Waals surface area contributed by atoms with Gasteiger partial charge in [-0.3, -0.25) is 0 Å². The van der Waals surface area contributed by atoms with Crippen LogP contribution in [0.15, 0.2) is 90.9 Å². The first-order chi connectivity index (χ1) is 16.1. The maximum atomic E-state index is 10.1. The summed E-state index contributed by atoms with van der Waals surface area (Å²) in [5, 5.41) is 29.1. The van der Waals surface area contributed by atoms with Gasteiger partial charge in [0.15, 0.2) is 0 Å². The van der Waals surface area contributed by atoms with Crippen molar-refractivity contribution < 1.29 is 9.84 Å². The predicted octanol–water partition coefficient (Wildman–Crippen LogP) is 4.33. The van der Waals surface area contributed by atoms with E-state index in [9.17, 15) is 10.4 Å². The number of aliphatic hydroxyl groups is 1. The smallest absolute Gasteiger partial charge is 0.124 e. The molecule has 0 aliphatic heterocycles. The van der Waals surface area contributed by atoms with E-state index >= 15 is 0 Å². The summed E-state index contributed by atoms with van der Waals surface area (Å²) in [6.07, 6.45) is 8.75. The van der Waals surface area contributed by atoms with Gasteiger partial charge in [0.1, 0.15) is 11.5 Å². The molecule has 6 heteroatoms. The van der Waals surface area contributed by atoms with E-state index in [0.29, 0.717) is 12.2 Å². The van der Waals surface area contributed by atoms with Crippen molar-refractivity contribution in [2.75, 3.05) is 6.61 Å². The number of ether oxygens (including phenoxy) is 1. The van der Waals surface area contributed by atoms with Crippen LogP contribution in [0.3, 0.4) is 0 Å². The van der Waals surface area contributed by atoms with Crippen LogP contribution < -0.4 is 0 Å². The number of nitrogens with zero attached hydrogens (tertiary/aromatic N) is 4. The molecule has 3 unspecified atom stereocenters. The van der Waals surface area contributed by atoms with E-state index < -0.39 is 11.5 Å². The van der Waals surface area contributed by atoms with Crippen LogP contribution in [0.4, 0.5) is 0 Å². The fourth-order valence-corrected chi connectivity index (χ4v) is 4.09. The molecule has 0 bridgehead atoms. The van der Waals surface area contributed by atoms with Crippen LogP contribution in [0.2, 0.25) is 0 Å². The lowest BCUT2D eigenvalue weighted by molar-refractivity contribution is 0.0605. The lowest BCUT2D eigenvalue weighted by Gasteiger charge is -2.34. The first kappa shape index (κ1) is 22.2. The molecule has 0 saturated carbocycles. The number of aromatic nitrogens is 2. The number of nitriles is 2. The summed E-state index contributed by atoms with van der Waals surface area (Å²) in [6.45, 7) is 0.0535. The Morgan fingerprint density at radius 3 is 2.52 bits per heavy atom. The third-order valence-corrected chi connectivity index (χ3v) is 6.04. The van der Waals surface area contributed by atoms with E-state index in [4.69, 9.17) is 10.00 Å². The molecule has 2 aromatic carbocycles. The molecule has 6 nitrogen and oxygen atoms in total. The second-order valence-electron chi connectivity index (χ2n) is 8.13. The molecule has 1 N–H and O–H groups in total. The quantitative estimate of drug-likeness (QED) is 0.595. The molecule has 0 spiro atoms. The van der Waals surface area contributed by atoms with E-state index in [2.05, 4.69) is 17.1 Å². The fraction of sp³-hybridized carbons (Fsp3) is 0.222. The van der Waals surface area contributed by atoms with Crippen LogP contribution in [-0.4, -0.2) is 21.3 Å². The van der Waals surface area contributed by atoms with Gasteiger partial charge in [0.2, 0.25) is 0 Å². The van der Waals surface area contributed by atoms with Gasteiger partial charge in [-0.05, 0) is 28.8 Å². The van der Waals surface area contributed by atoms with Crippen molar-refractivity contribution in [2.45, 2.75) is 18.6 Å². The van der Waals surface area contributed by atoms with Crippen LogP contribution in [-0.2, 0) is 18.4 Å². The Hall–Kier alpha value is -3.97. The summed E-state index contributed by atoms with van der Waals surface area (Å²) in [7, 11) is 1.91. The molecule has 164 valence electrons. The molecule has 3 atom stereocenters. The third kappa shape index (κ3) is 4.49. The van der Waals surface area contributed by atoms with Gasteiger partial charge in [-0.15, -0.1) is 0 Å². The lowest BCUT2D eigenvalue weighted by Crippen LogP contribution is -2.31. The highest BCUT2D eigenvalue weighted by Gasteiger charge is 2.39. The Balaban J connectivity index is 1.71. The number of allylic oxidation sites excluding steroid dienone is 1. The van der Waals surface area contributed by atoms with Crippen LogP contribution in [0.25, 0.3) is 0 Å². The Kier molecular flexibility index (Phi) is 6.51. The molecule has 3 aromatic rings. The van der Waals surface area contributed by atoms with Gasteiger partial charge in [0.25, 0.3) is 0 Å². The number of rotatable bonds is 7. The number of aryl methyl sites for hydroxylation is 1. The summed E-state index contributed by atoms with van der Waals surface area (Å²) in [4.78, 5) is 4.26. The topological polar surface area (TPSA) is 94.9 Å². The largest absolute Gasteiger partial charge is 0.394 e. The molecule has 1 aromatic heterocycles. The molecule has 0 radical (unpaired) electrons. The maximum absolute atomic E-state index is 10.1. The molecule has 4 rings (SSSR count). The van der Waals surface area contributed by atoms with Crippen molar-refractivity contribution in [1.82, 2.24) is 9.55 Å². The van der Waals surface area contributed by atoms with Crippen molar-refractivity contribution in [1.29, 1.82) is 10.5 Å². The van der Waals surface area contributed by atoms with E-state index in [0.717, 1.165) is 22.4 Å². The van der Waals surface area contributed by atoms with Crippen molar-refractivity contribution in [3.8, 4) is 12.1 Å². The molecule has 0 fully saturated rings. The average Bonchev–Trinajstić information content (AvgIpc) is 3.30. The Labute approximate surface area is 193 Å². The minimum absolute atomic E-state index is 0.286. The van der Waals surface area contributed by atoms with Crippen molar-refractivity contribution in [2.24, 2.45) is 12.5 Å². The Morgan fingerprint density at radius 1 is 1.15 bits per heavy atom. The lowest BCUT2D eigenvalue weighted by atomic mass is 9.69. The summed E-state index contributed by atoms with van der Waals surface area (Å²) in [5.41, 5.74) is 3.21. The van der Waals surface area contributed by atoms with Gasteiger partial charge in [0, 0.05) is 13.0 Å². The summed E-state index contributed by atoms with van der Waals surface area (Å²) in [6, 6.07) is 21.5. The standard InChI is InChI=1S/C27H24N4O2/c1-31-19-30-15-25(31)26(33-16-21-9-7-20(14-28)8-10-21)23-11-12-27(17-29,18-32)24(13-23)22-5-3-2-4-6-22/h2-13,15,19,24,26,32H,16,18H2,1H3. The van der Waals surface area contributed by atoms with E-state index in [1.165, 1.54) is 0 Å². The molecular formula is C27H24N4O2. The fourth-order valence-electron chi connectivity index (χ4n) is 4.09. The molecule has 1 aliphatic rings. The second-order valence-corrected chi connectivity index (χ2v) is 8.13. The second kappa shape index (κ2) is 9.67. The maximum Gasteiger partial charge on any atom is 0.124 e. The van der Waals surface area contributed by atoms with Gasteiger partial charge in [0.05, 0.1) is 49.1 Å².